The Labute approximate surface area is 96.0 Å². The van der Waals surface area contributed by atoms with Crippen LogP contribution in [0.4, 0.5) is 13.2 Å². The van der Waals surface area contributed by atoms with Crippen molar-refractivity contribution in [2.75, 3.05) is 6.54 Å². The zero-order chi connectivity index (χ0) is 12.5. The first-order valence-corrected chi connectivity index (χ1v) is 5.48. The third kappa shape index (κ3) is 3.09. The molecule has 0 aromatic carbocycles. The Bertz CT molecular complexity index is 453. The molecule has 0 saturated heterocycles. The Morgan fingerprint density at radius 2 is 2.18 bits per heavy atom. The van der Waals surface area contributed by atoms with Crippen LogP contribution in [-0.4, -0.2) is 17.7 Å². The number of nitrogens with one attached hydrogen (secondary N) is 2. The third-order valence-electron chi connectivity index (χ3n) is 2.88. The normalized spacial score (nSPS) is 20.1. The summed E-state index contributed by atoms with van der Waals surface area (Å²) in [4.78, 5) is 13.8. The van der Waals surface area contributed by atoms with E-state index in [0.717, 1.165) is 24.1 Å². The van der Waals surface area contributed by atoms with Gasteiger partial charge in [0.2, 0.25) is 5.56 Å². The lowest BCUT2D eigenvalue weighted by molar-refractivity contribution is -0.126. The molecular formula is C11H13F3N2O. The summed E-state index contributed by atoms with van der Waals surface area (Å²) in [5.74, 6) is 0. The van der Waals surface area contributed by atoms with E-state index in [0.29, 0.717) is 6.42 Å². The number of alkyl halides is 3. The minimum atomic E-state index is -4.21. The average Bonchev–Trinajstić information content (AvgIpc) is 2.24. The highest BCUT2D eigenvalue weighted by molar-refractivity contribution is 5.26. The van der Waals surface area contributed by atoms with E-state index >= 15 is 0 Å². The Kier molecular flexibility index (Phi) is 3.24. The molecular weight excluding hydrogens is 233 g/mol. The van der Waals surface area contributed by atoms with Crippen LogP contribution in [-0.2, 0) is 6.42 Å². The average molecular weight is 246 g/mol. The van der Waals surface area contributed by atoms with Crippen molar-refractivity contribution in [3.05, 3.63) is 33.7 Å². The van der Waals surface area contributed by atoms with Crippen LogP contribution >= 0.6 is 0 Å². The molecule has 0 spiro atoms. The quantitative estimate of drug-likeness (QED) is 0.837. The molecule has 0 aliphatic heterocycles. The van der Waals surface area contributed by atoms with Gasteiger partial charge in [0.15, 0.2) is 0 Å². The monoisotopic (exact) mass is 246 g/mol. The summed E-state index contributed by atoms with van der Waals surface area (Å²) in [5.41, 5.74) is 1.32. The molecule has 1 heterocycles. The predicted octanol–water partition coefficient (Wildman–Crippen LogP) is 1.90. The molecule has 2 rings (SSSR count). The molecule has 0 radical (unpaired) electrons. The molecule has 2 N–H and O–H groups in total. The van der Waals surface area contributed by atoms with Gasteiger partial charge in [-0.15, -0.1) is 0 Å². The summed E-state index contributed by atoms with van der Waals surface area (Å²) < 4.78 is 36.4. The van der Waals surface area contributed by atoms with E-state index in [-0.39, 0.29) is 11.6 Å². The molecule has 94 valence electrons. The fraction of sp³-hybridized carbons (Fsp3) is 0.545. The number of pyridine rings is 1. The van der Waals surface area contributed by atoms with Crippen LogP contribution in [0.5, 0.6) is 0 Å². The lowest BCUT2D eigenvalue weighted by atomic mass is 9.91. The van der Waals surface area contributed by atoms with Gasteiger partial charge in [-0.2, -0.15) is 13.2 Å². The molecule has 0 saturated carbocycles. The van der Waals surface area contributed by atoms with E-state index < -0.39 is 12.7 Å². The van der Waals surface area contributed by atoms with Gasteiger partial charge in [-0.25, -0.2) is 0 Å². The number of halogens is 3. The molecule has 1 aliphatic rings. The third-order valence-corrected chi connectivity index (χ3v) is 2.88. The van der Waals surface area contributed by atoms with Crippen LogP contribution in [0.2, 0.25) is 0 Å². The van der Waals surface area contributed by atoms with Gasteiger partial charge < -0.3 is 10.3 Å². The summed E-state index contributed by atoms with van der Waals surface area (Å²) in [7, 11) is 0. The number of rotatable bonds is 2. The van der Waals surface area contributed by atoms with Crippen molar-refractivity contribution < 1.29 is 13.2 Å². The number of hydrogen-bond acceptors (Lipinski definition) is 2. The first-order chi connectivity index (χ1) is 7.96. The first-order valence-electron chi connectivity index (χ1n) is 5.48. The van der Waals surface area contributed by atoms with Crippen molar-refractivity contribution in [1.29, 1.82) is 0 Å². The van der Waals surface area contributed by atoms with E-state index in [4.69, 9.17) is 0 Å². The summed E-state index contributed by atoms with van der Waals surface area (Å²) in [5, 5.41) is 2.49. The Morgan fingerprint density at radius 1 is 1.41 bits per heavy atom. The largest absolute Gasteiger partial charge is 0.401 e. The molecule has 0 bridgehead atoms. The fourth-order valence-corrected chi connectivity index (χ4v) is 2.15. The van der Waals surface area contributed by atoms with Gasteiger partial charge in [0, 0.05) is 17.8 Å². The zero-order valence-corrected chi connectivity index (χ0v) is 9.10. The molecule has 1 aromatic heterocycles. The van der Waals surface area contributed by atoms with Crippen molar-refractivity contribution in [2.24, 2.45) is 0 Å². The standard InChI is InChI=1S/C11H13F3N2O/c12-11(13,14)6-15-8-2-1-3-9-7(8)4-5-10(17)16-9/h4-5,8,15H,1-3,6H2,(H,16,17). The van der Waals surface area contributed by atoms with Gasteiger partial charge in [0.05, 0.1) is 6.54 Å². The number of fused-ring (bicyclic) bond motifs is 1. The highest BCUT2D eigenvalue weighted by Crippen LogP contribution is 2.28. The molecule has 1 aliphatic carbocycles. The van der Waals surface area contributed by atoms with Crippen molar-refractivity contribution >= 4 is 0 Å². The lowest BCUT2D eigenvalue weighted by Crippen LogP contribution is -2.34. The van der Waals surface area contributed by atoms with E-state index in [1.54, 1.807) is 6.07 Å². The van der Waals surface area contributed by atoms with Gasteiger partial charge in [0.1, 0.15) is 0 Å². The second kappa shape index (κ2) is 4.52. The Morgan fingerprint density at radius 3 is 2.88 bits per heavy atom. The van der Waals surface area contributed by atoms with Gasteiger partial charge >= 0.3 is 6.18 Å². The van der Waals surface area contributed by atoms with Crippen molar-refractivity contribution in [3.8, 4) is 0 Å². The molecule has 3 nitrogen and oxygen atoms in total. The molecule has 17 heavy (non-hydrogen) atoms. The van der Waals surface area contributed by atoms with Gasteiger partial charge in [0.25, 0.3) is 0 Å². The van der Waals surface area contributed by atoms with E-state index in [2.05, 4.69) is 10.3 Å². The van der Waals surface area contributed by atoms with Crippen LogP contribution in [0.3, 0.4) is 0 Å². The maximum Gasteiger partial charge on any atom is 0.401 e. The smallest absolute Gasteiger partial charge is 0.326 e. The van der Waals surface area contributed by atoms with Crippen LogP contribution in [0.15, 0.2) is 16.9 Å². The first kappa shape index (κ1) is 12.2. The van der Waals surface area contributed by atoms with E-state index in [9.17, 15) is 18.0 Å². The SMILES string of the molecule is O=c1ccc2c([nH]1)CCCC2NCC(F)(F)F. The van der Waals surface area contributed by atoms with Crippen molar-refractivity contribution in [1.82, 2.24) is 10.3 Å². The van der Waals surface area contributed by atoms with Crippen LogP contribution in [0.1, 0.15) is 30.1 Å². The van der Waals surface area contributed by atoms with Gasteiger partial charge in [-0.3, -0.25) is 4.79 Å². The van der Waals surface area contributed by atoms with Crippen molar-refractivity contribution in [2.45, 2.75) is 31.5 Å². The molecule has 6 heteroatoms. The number of aromatic nitrogens is 1. The van der Waals surface area contributed by atoms with Crippen molar-refractivity contribution in [3.63, 3.8) is 0 Å². The van der Waals surface area contributed by atoms with E-state index in [1.165, 1.54) is 6.07 Å². The highest BCUT2D eigenvalue weighted by atomic mass is 19.4. The topological polar surface area (TPSA) is 44.9 Å². The van der Waals surface area contributed by atoms with Crippen LogP contribution in [0, 0.1) is 0 Å². The maximum atomic E-state index is 12.1. The highest BCUT2D eigenvalue weighted by Gasteiger charge is 2.29. The maximum absolute atomic E-state index is 12.1. The molecule has 0 fully saturated rings. The minimum Gasteiger partial charge on any atom is -0.326 e. The van der Waals surface area contributed by atoms with Crippen LogP contribution in [0.25, 0.3) is 0 Å². The molecule has 1 unspecified atom stereocenters. The van der Waals surface area contributed by atoms with Gasteiger partial charge in [-0.05, 0) is 24.8 Å². The van der Waals surface area contributed by atoms with E-state index in [1.807, 2.05) is 0 Å². The number of H-pyrrole nitrogens is 1. The summed E-state index contributed by atoms with van der Waals surface area (Å²) >= 11 is 0. The number of hydrogen-bond donors (Lipinski definition) is 2. The summed E-state index contributed by atoms with van der Waals surface area (Å²) in [6, 6.07) is 2.64. The second-order valence-corrected chi connectivity index (χ2v) is 4.20. The summed E-state index contributed by atoms with van der Waals surface area (Å²) in [6.45, 7) is -1.00. The molecule has 0 amide bonds. The minimum absolute atomic E-state index is 0.208. The number of aryl methyl sites for hydroxylation is 1. The predicted molar refractivity (Wildman–Crippen MR) is 56.8 cm³/mol. The fourth-order valence-electron chi connectivity index (χ4n) is 2.15. The second-order valence-electron chi connectivity index (χ2n) is 4.20. The number of aromatic amines is 1. The molecule has 1 aromatic rings. The molecule has 1 atom stereocenters. The van der Waals surface area contributed by atoms with Crippen LogP contribution < -0.4 is 10.9 Å². The Hall–Kier alpha value is -1.30. The zero-order valence-electron chi connectivity index (χ0n) is 9.10. The van der Waals surface area contributed by atoms with Gasteiger partial charge in [-0.1, -0.05) is 6.07 Å². The lowest BCUT2D eigenvalue weighted by Gasteiger charge is -2.26. The Balaban J connectivity index is 2.15. The summed E-state index contributed by atoms with van der Waals surface area (Å²) in [6.07, 6.45) is -2.05.